The van der Waals surface area contributed by atoms with E-state index in [4.69, 9.17) is 5.11 Å². The molecule has 0 saturated heterocycles. The summed E-state index contributed by atoms with van der Waals surface area (Å²) in [7, 11) is 0. The van der Waals surface area contributed by atoms with E-state index in [0.29, 0.717) is 5.92 Å². The summed E-state index contributed by atoms with van der Waals surface area (Å²) in [6.07, 6.45) is 1.98. The van der Waals surface area contributed by atoms with Gasteiger partial charge in [-0.2, -0.15) is 0 Å². The molecule has 16 heavy (non-hydrogen) atoms. The number of aliphatic carboxylic acids is 1. The molecule has 1 rings (SSSR count). The Morgan fingerprint density at radius 3 is 2.50 bits per heavy atom. The maximum Gasteiger partial charge on any atom is 0.303 e. The van der Waals surface area contributed by atoms with Crippen molar-refractivity contribution in [1.29, 1.82) is 0 Å². The van der Waals surface area contributed by atoms with Crippen LogP contribution in [0.3, 0.4) is 0 Å². The summed E-state index contributed by atoms with van der Waals surface area (Å²) in [6, 6.07) is 6.43. The van der Waals surface area contributed by atoms with Crippen LogP contribution in [0, 0.1) is 13.8 Å². The quantitative estimate of drug-likeness (QED) is 0.822. The molecule has 88 valence electrons. The predicted octanol–water partition coefficient (Wildman–Crippen LogP) is 3.66. The monoisotopic (exact) mass is 220 g/mol. The predicted molar refractivity (Wildman–Crippen MR) is 65.8 cm³/mol. The minimum atomic E-state index is -0.706. The van der Waals surface area contributed by atoms with Crippen molar-refractivity contribution in [3.05, 3.63) is 34.9 Å². The van der Waals surface area contributed by atoms with Crippen LogP contribution >= 0.6 is 0 Å². The van der Waals surface area contributed by atoms with Gasteiger partial charge >= 0.3 is 5.97 Å². The molecule has 0 aromatic heterocycles. The van der Waals surface area contributed by atoms with Crippen LogP contribution in [0.25, 0.3) is 0 Å². The number of hydrogen-bond acceptors (Lipinski definition) is 1. The summed E-state index contributed by atoms with van der Waals surface area (Å²) in [5.74, 6) is -0.335. The van der Waals surface area contributed by atoms with Crippen molar-refractivity contribution < 1.29 is 9.90 Å². The Hall–Kier alpha value is -1.31. The molecule has 2 heteroatoms. The van der Waals surface area contributed by atoms with E-state index in [1.807, 2.05) is 0 Å². The molecule has 0 amide bonds. The van der Waals surface area contributed by atoms with Crippen molar-refractivity contribution >= 4 is 5.97 Å². The molecule has 1 atom stereocenters. The van der Waals surface area contributed by atoms with E-state index in [9.17, 15) is 4.79 Å². The zero-order valence-electron chi connectivity index (χ0n) is 10.3. The van der Waals surface area contributed by atoms with Gasteiger partial charge in [0.15, 0.2) is 0 Å². The lowest BCUT2D eigenvalue weighted by molar-refractivity contribution is -0.137. The van der Waals surface area contributed by atoms with E-state index in [-0.39, 0.29) is 6.42 Å². The van der Waals surface area contributed by atoms with Gasteiger partial charge in [0.25, 0.3) is 0 Å². The standard InChI is InChI=1S/C14H20O2/c1-4-12(7-8-14(15)16)13-6-5-10(2)11(3)9-13/h5-6,9,12H,4,7-8H2,1-3H3,(H,15,16). The molecule has 0 saturated carbocycles. The summed E-state index contributed by atoms with van der Waals surface area (Å²) in [4.78, 5) is 10.6. The van der Waals surface area contributed by atoms with E-state index in [1.54, 1.807) is 0 Å². The number of hydrogen-bond donors (Lipinski definition) is 1. The third kappa shape index (κ3) is 3.37. The molecule has 0 aliphatic heterocycles. The fourth-order valence-corrected chi connectivity index (χ4v) is 1.92. The Morgan fingerprint density at radius 2 is 2.00 bits per heavy atom. The average Bonchev–Trinajstić information content (AvgIpc) is 2.23. The van der Waals surface area contributed by atoms with E-state index in [2.05, 4.69) is 39.0 Å². The molecule has 0 radical (unpaired) electrons. The van der Waals surface area contributed by atoms with Gasteiger partial charge in [0.1, 0.15) is 0 Å². The van der Waals surface area contributed by atoms with Gasteiger partial charge in [0.05, 0.1) is 0 Å². The lowest BCUT2D eigenvalue weighted by Crippen LogP contribution is -2.03. The van der Waals surface area contributed by atoms with Gasteiger partial charge in [-0.15, -0.1) is 0 Å². The maximum atomic E-state index is 10.6. The molecule has 0 heterocycles. The molecule has 1 aromatic carbocycles. The molecular weight excluding hydrogens is 200 g/mol. The Bertz CT molecular complexity index is 369. The molecule has 0 spiro atoms. The summed E-state index contributed by atoms with van der Waals surface area (Å²) >= 11 is 0. The van der Waals surface area contributed by atoms with Crippen LogP contribution in [-0.4, -0.2) is 11.1 Å². The van der Waals surface area contributed by atoms with Crippen molar-refractivity contribution in [2.24, 2.45) is 0 Å². The Kier molecular flexibility index (Phi) is 4.53. The third-order valence-electron chi connectivity index (χ3n) is 3.20. The van der Waals surface area contributed by atoms with Gasteiger partial charge < -0.3 is 5.11 Å². The first kappa shape index (κ1) is 12.8. The van der Waals surface area contributed by atoms with Crippen LogP contribution in [0.2, 0.25) is 0 Å². The molecular formula is C14H20O2. The number of rotatable bonds is 5. The summed E-state index contributed by atoms with van der Waals surface area (Å²) in [6.45, 7) is 6.31. The largest absolute Gasteiger partial charge is 0.481 e. The highest BCUT2D eigenvalue weighted by atomic mass is 16.4. The van der Waals surface area contributed by atoms with Crippen molar-refractivity contribution in [2.75, 3.05) is 0 Å². The van der Waals surface area contributed by atoms with Crippen LogP contribution in [0.4, 0.5) is 0 Å². The lowest BCUT2D eigenvalue weighted by Gasteiger charge is -2.15. The molecule has 0 fully saturated rings. The maximum absolute atomic E-state index is 10.6. The minimum absolute atomic E-state index is 0.255. The highest BCUT2D eigenvalue weighted by molar-refractivity contribution is 5.66. The average molecular weight is 220 g/mol. The first-order valence-electron chi connectivity index (χ1n) is 5.83. The first-order chi connectivity index (χ1) is 7.54. The second kappa shape index (κ2) is 5.69. The van der Waals surface area contributed by atoms with Crippen LogP contribution in [0.15, 0.2) is 18.2 Å². The van der Waals surface area contributed by atoms with Gasteiger partial charge in [-0.25, -0.2) is 0 Å². The van der Waals surface area contributed by atoms with Crippen molar-refractivity contribution in [1.82, 2.24) is 0 Å². The Labute approximate surface area is 97.3 Å². The minimum Gasteiger partial charge on any atom is -0.481 e. The number of benzene rings is 1. The number of carbonyl (C=O) groups is 1. The van der Waals surface area contributed by atoms with Gasteiger partial charge in [0, 0.05) is 6.42 Å². The summed E-state index contributed by atoms with van der Waals surface area (Å²) in [5, 5.41) is 8.70. The number of aryl methyl sites for hydroxylation is 2. The highest BCUT2D eigenvalue weighted by Crippen LogP contribution is 2.26. The summed E-state index contributed by atoms with van der Waals surface area (Å²) < 4.78 is 0. The lowest BCUT2D eigenvalue weighted by atomic mass is 9.90. The van der Waals surface area contributed by atoms with Gasteiger partial charge in [0.2, 0.25) is 0 Å². The van der Waals surface area contributed by atoms with E-state index in [0.717, 1.165) is 12.8 Å². The number of carboxylic acid groups (broad SMARTS) is 1. The highest BCUT2D eigenvalue weighted by Gasteiger charge is 2.11. The van der Waals surface area contributed by atoms with Crippen LogP contribution in [0.5, 0.6) is 0 Å². The first-order valence-corrected chi connectivity index (χ1v) is 5.83. The van der Waals surface area contributed by atoms with Crippen molar-refractivity contribution in [2.45, 2.75) is 46.0 Å². The van der Waals surface area contributed by atoms with Crippen LogP contribution in [0.1, 0.15) is 48.8 Å². The molecule has 1 aromatic rings. The second-order valence-corrected chi connectivity index (χ2v) is 4.38. The van der Waals surface area contributed by atoms with Crippen LogP contribution < -0.4 is 0 Å². The fourth-order valence-electron chi connectivity index (χ4n) is 1.92. The van der Waals surface area contributed by atoms with Gasteiger partial charge in [-0.3, -0.25) is 4.79 Å². The molecule has 0 aliphatic carbocycles. The Morgan fingerprint density at radius 1 is 1.31 bits per heavy atom. The topological polar surface area (TPSA) is 37.3 Å². The van der Waals surface area contributed by atoms with Crippen molar-refractivity contribution in [3.63, 3.8) is 0 Å². The van der Waals surface area contributed by atoms with Gasteiger partial charge in [-0.1, -0.05) is 25.1 Å². The van der Waals surface area contributed by atoms with E-state index in [1.165, 1.54) is 16.7 Å². The smallest absolute Gasteiger partial charge is 0.303 e. The van der Waals surface area contributed by atoms with Crippen molar-refractivity contribution in [3.8, 4) is 0 Å². The zero-order chi connectivity index (χ0) is 12.1. The molecule has 1 unspecified atom stereocenters. The van der Waals surface area contributed by atoms with E-state index >= 15 is 0 Å². The zero-order valence-corrected chi connectivity index (χ0v) is 10.3. The summed E-state index contributed by atoms with van der Waals surface area (Å²) in [5.41, 5.74) is 3.84. The van der Waals surface area contributed by atoms with E-state index < -0.39 is 5.97 Å². The molecule has 0 aliphatic rings. The van der Waals surface area contributed by atoms with Gasteiger partial charge in [-0.05, 0) is 49.3 Å². The molecule has 1 N–H and O–H groups in total. The third-order valence-corrected chi connectivity index (χ3v) is 3.20. The Balaban J connectivity index is 2.78. The molecule has 2 nitrogen and oxygen atoms in total. The SMILES string of the molecule is CCC(CCC(=O)O)c1ccc(C)c(C)c1. The second-order valence-electron chi connectivity index (χ2n) is 4.38. The normalized spacial score (nSPS) is 12.4. The molecule has 0 bridgehead atoms. The number of carboxylic acids is 1. The fraction of sp³-hybridized carbons (Fsp3) is 0.500. The van der Waals surface area contributed by atoms with Crippen LogP contribution in [-0.2, 0) is 4.79 Å².